The first-order valence-corrected chi connectivity index (χ1v) is 6.82. The standard InChI is InChI=1S/C15H22F2N2/c1-15(6-8-19(2)9-7-15)11-18-10-12-13(16)4-3-5-14(12)17/h3-5,18H,6-11H2,1-2H3. The van der Waals surface area contributed by atoms with Crippen LogP contribution in [0.2, 0.25) is 0 Å². The van der Waals surface area contributed by atoms with Gasteiger partial charge in [0.05, 0.1) is 0 Å². The Balaban J connectivity index is 1.86. The smallest absolute Gasteiger partial charge is 0.130 e. The van der Waals surface area contributed by atoms with Crippen molar-refractivity contribution < 1.29 is 8.78 Å². The lowest BCUT2D eigenvalue weighted by atomic mass is 9.80. The fourth-order valence-corrected chi connectivity index (χ4v) is 2.53. The predicted molar refractivity (Wildman–Crippen MR) is 72.9 cm³/mol. The summed E-state index contributed by atoms with van der Waals surface area (Å²) < 4.78 is 27.0. The van der Waals surface area contributed by atoms with Gasteiger partial charge in [0.15, 0.2) is 0 Å². The monoisotopic (exact) mass is 268 g/mol. The zero-order valence-corrected chi connectivity index (χ0v) is 11.7. The van der Waals surface area contributed by atoms with E-state index in [-0.39, 0.29) is 17.5 Å². The molecule has 0 radical (unpaired) electrons. The highest BCUT2D eigenvalue weighted by atomic mass is 19.1. The van der Waals surface area contributed by atoms with Gasteiger partial charge >= 0.3 is 0 Å². The first kappa shape index (κ1) is 14.4. The van der Waals surface area contributed by atoms with Gasteiger partial charge in [-0.15, -0.1) is 0 Å². The average Bonchev–Trinajstić information content (AvgIpc) is 2.37. The predicted octanol–water partition coefficient (Wildman–Crippen LogP) is 2.79. The Kier molecular flexibility index (Phi) is 4.53. The minimum absolute atomic E-state index is 0.138. The Morgan fingerprint density at radius 2 is 1.79 bits per heavy atom. The number of benzene rings is 1. The van der Waals surface area contributed by atoms with Gasteiger partial charge in [-0.1, -0.05) is 13.0 Å². The second-order valence-corrected chi connectivity index (χ2v) is 5.92. The quantitative estimate of drug-likeness (QED) is 0.903. The molecule has 0 unspecified atom stereocenters. The van der Waals surface area contributed by atoms with Crippen molar-refractivity contribution in [2.75, 3.05) is 26.7 Å². The average molecular weight is 268 g/mol. The van der Waals surface area contributed by atoms with E-state index in [2.05, 4.69) is 24.2 Å². The molecule has 1 heterocycles. The van der Waals surface area contributed by atoms with Gasteiger partial charge < -0.3 is 10.2 Å². The van der Waals surface area contributed by atoms with Crippen LogP contribution in [-0.2, 0) is 6.54 Å². The number of halogens is 2. The molecule has 1 N–H and O–H groups in total. The molecule has 1 aliphatic heterocycles. The maximum absolute atomic E-state index is 13.5. The van der Waals surface area contributed by atoms with Crippen molar-refractivity contribution in [1.82, 2.24) is 10.2 Å². The van der Waals surface area contributed by atoms with Crippen molar-refractivity contribution >= 4 is 0 Å². The van der Waals surface area contributed by atoms with Crippen molar-refractivity contribution in [3.05, 3.63) is 35.4 Å². The normalized spacial score (nSPS) is 19.6. The van der Waals surface area contributed by atoms with Crippen LogP contribution in [0.25, 0.3) is 0 Å². The van der Waals surface area contributed by atoms with Crippen molar-refractivity contribution in [3.8, 4) is 0 Å². The fraction of sp³-hybridized carbons (Fsp3) is 0.600. The molecule has 1 aliphatic rings. The topological polar surface area (TPSA) is 15.3 Å². The zero-order chi connectivity index (χ0) is 13.9. The summed E-state index contributed by atoms with van der Waals surface area (Å²) in [5.41, 5.74) is 0.368. The van der Waals surface area contributed by atoms with E-state index in [9.17, 15) is 8.78 Å². The van der Waals surface area contributed by atoms with Crippen LogP contribution >= 0.6 is 0 Å². The van der Waals surface area contributed by atoms with E-state index in [1.54, 1.807) is 0 Å². The summed E-state index contributed by atoms with van der Waals surface area (Å²) in [6, 6.07) is 4.00. The van der Waals surface area contributed by atoms with Gasteiger partial charge in [-0.3, -0.25) is 0 Å². The highest BCUT2D eigenvalue weighted by Crippen LogP contribution is 2.29. The van der Waals surface area contributed by atoms with Crippen LogP contribution < -0.4 is 5.32 Å². The van der Waals surface area contributed by atoms with Crippen LogP contribution in [0.15, 0.2) is 18.2 Å². The van der Waals surface area contributed by atoms with Gasteiger partial charge in [0, 0.05) is 18.7 Å². The second kappa shape index (κ2) is 5.97. The molecule has 106 valence electrons. The number of likely N-dealkylation sites (tertiary alicyclic amines) is 1. The Morgan fingerprint density at radius 1 is 1.21 bits per heavy atom. The van der Waals surface area contributed by atoms with Crippen molar-refractivity contribution in [2.45, 2.75) is 26.3 Å². The van der Waals surface area contributed by atoms with E-state index in [4.69, 9.17) is 0 Å². The van der Waals surface area contributed by atoms with Gasteiger partial charge in [-0.05, 0) is 50.5 Å². The first-order chi connectivity index (χ1) is 9.00. The maximum atomic E-state index is 13.5. The Labute approximate surface area is 113 Å². The van der Waals surface area contributed by atoms with Crippen molar-refractivity contribution in [3.63, 3.8) is 0 Å². The molecule has 0 spiro atoms. The molecule has 2 rings (SSSR count). The molecule has 4 heteroatoms. The van der Waals surface area contributed by atoms with E-state index < -0.39 is 11.6 Å². The van der Waals surface area contributed by atoms with Crippen LogP contribution in [0.1, 0.15) is 25.3 Å². The zero-order valence-electron chi connectivity index (χ0n) is 11.7. The van der Waals surface area contributed by atoms with Crippen LogP contribution in [0.5, 0.6) is 0 Å². The molecule has 1 aromatic rings. The largest absolute Gasteiger partial charge is 0.312 e. The molecule has 1 saturated heterocycles. The molecule has 0 amide bonds. The van der Waals surface area contributed by atoms with Crippen LogP contribution in [-0.4, -0.2) is 31.6 Å². The van der Waals surface area contributed by atoms with E-state index in [0.29, 0.717) is 0 Å². The van der Waals surface area contributed by atoms with E-state index in [1.807, 2.05) is 0 Å². The summed E-state index contributed by atoms with van der Waals surface area (Å²) in [5, 5.41) is 3.21. The molecule has 2 nitrogen and oxygen atoms in total. The number of nitrogens with one attached hydrogen (secondary N) is 1. The molecular formula is C15H22F2N2. The fourth-order valence-electron chi connectivity index (χ4n) is 2.53. The second-order valence-electron chi connectivity index (χ2n) is 5.92. The molecule has 0 atom stereocenters. The Bertz CT molecular complexity index is 406. The van der Waals surface area contributed by atoms with Crippen molar-refractivity contribution in [2.24, 2.45) is 5.41 Å². The minimum atomic E-state index is -0.471. The summed E-state index contributed by atoms with van der Waals surface area (Å²) in [7, 11) is 2.13. The lowest BCUT2D eigenvalue weighted by Gasteiger charge is -2.38. The lowest BCUT2D eigenvalue weighted by Crippen LogP contribution is -2.42. The molecule has 0 saturated carbocycles. The summed E-state index contributed by atoms with van der Waals surface area (Å²) in [5.74, 6) is -0.943. The van der Waals surface area contributed by atoms with Gasteiger partial charge in [0.25, 0.3) is 0 Å². The summed E-state index contributed by atoms with van der Waals surface area (Å²) in [4.78, 5) is 2.32. The van der Waals surface area contributed by atoms with Crippen LogP contribution in [0, 0.1) is 17.0 Å². The SMILES string of the molecule is CN1CCC(C)(CNCc2c(F)cccc2F)CC1. The van der Waals surface area contributed by atoms with Gasteiger partial charge in [0.1, 0.15) is 11.6 Å². The molecule has 19 heavy (non-hydrogen) atoms. The highest BCUT2D eigenvalue weighted by molar-refractivity contribution is 5.19. The number of piperidine rings is 1. The number of hydrogen-bond acceptors (Lipinski definition) is 2. The van der Waals surface area contributed by atoms with Gasteiger partial charge in [-0.25, -0.2) is 8.78 Å². The van der Waals surface area contributed by atoms with Gasteiger partial charge in [0.2, 0.25) is 0 Å². The summed E-state index contributed by atoms with van der Waals surface area (Å²) in [6.45, 7) is 5.47. The van der Waals surface area contributed by atoms with E-state index >= 15 is 0 Å². The minimum Gasteiger partial charge on any atom is -0.312 e. The first-order valence-electron chi connectivity index (χ1n) is 6.82. The third kappa shape index (κ3) is 3.74. The Hall–Kier alpha value is -1.00. The van der Waals surface area contributed by atoms with E-state index in [1.165, 1.54) is 18.2 Å². The van der Waals surface area contributed by atoms with Gasteiger partial charge in [-0.2, -0.15) is 0 Å². The molecule has 0 aromatic heterocycles. The van der Waals surface area contributed by atoms with Crippen molar-refractivity contribution in [1.29, 1.82) is 0 Å². The Morgan fingerprint density at radius 3 is 2.37 bits per heavy atom. The molecule has 1 aromatic carbocycles. The molecular weight excluding hydrogens is 246 g/mol. The summed E-state index contributed by atoms with van der Waals surface area (Å²) in [6.07, 6.45) is 2.24. The molecule has 0 aliphatic carbocycles. The number of nitrogens with zero attached hydrogens (tertiary/aromatic N) is 1. The third-order valence-electron chi connectivity index (χ3n) is 4.11. The van der Waals surface area contributed by atoms with E-state index in [0.717, 1.165) is 32.5 Å². The highest BCUT2D eigenvalue weighted by Gasteiger charge is 2.28. The molecule has 1 fully saturated rings. The number of rotatable bonds is 4. The summed E-state index contributed by atoms with van der Waals surface area (Å²) >= 11 is 0. The number of hydrogen-bond donors (Lipinski definition) is 1. The van der Waals surface area contributed by atoms with Crippen LogP contribution in [0.4, 0.5) is 8.78 Å². The lowest BCUT2D eigenvalue weighted by molar-refractivity contribution is 0.136. The molecule has 0 bridgehead atoms. The van der Waals surface area contributed by atoms with Crippen LogP contribution in [0.3, 0.4) is 0 Å². The maximum Gasteiger partial charge on any atom is 0.130 e. The third-order valence-corrected chi connectivity index (χ3v) is 4.11.